The zero-order valence-electron chi connectivity index (χ0n) is 26.4. The van der Waals surface area contributed by atoms with Gasteiger partial charge in [-0.2, -0.15) is 0 Å². The molecule has 2 N–H and O–H groups in total. The molecule has 3 aromatic carbocycles. The molecule has 0 bridgehead atoms. The zero-order valence-corrected chi connectivity index (χ0v) is 28.9. The Balaban J connectivity index is 1.61. The average molecular weight is 657 g/mol. The van der Waals surface area contributed by atoms with Gasteiger partial charge in [-0.1, -0.05) is 80.4 Å². The van der Waals surface area contributed by atoms with Gasteiger partial charge in [0.05, 0.1) is 13.2 Å². The molecule has 2 atom stereocenters. The molecule has 1 fully saturated rings. The molecule has 1 unspecified atom stereocenters. The van der Waals surface area contributed by atoms with Gasteiger partial charge in [0.25, 0.3) is 5.91 Å². The Morgan fingerprint density at radius 2 is 1.50 bits per heavy atom. The van der Waals surface area contributed by atoms with Gasteiger partial charge in [0.2, 0.25) is 0 Å². The van der Waals surface area contributed by atoms with Crippen LogP contribution in [0.2, 0.25) is 28.2 Å². The molecule has 3 aromatic rings. The lowest BCUT2D eigenvalue weighted by molar-refractivity contribution is -0.128. The topological polar surface area (TPSA) is 79.2 Å². The van der Waals surface area contributed by atoms with Gasteiger partial charge in [-0.3, -0.25) is 9.69 Å². The minimum atomic E-state index is -1.98. The summed E-state index contributed by atoms with van der Waals surface area (Å²) in [5.74, 6) is -0.233. The van der Waals surface area contributed by atoms with Crippen LogP contribution in [0.1, 0.15) is 73.1 Å². The maximum absolute atomic E-state index is 14.4. The summed E-state index contributed by atoms with van der Waals surface area (Å²) in [5.41, 5.74) is 0.280. The molecule has 6 nitrogen and oxygen atoms in total. The van der Waals surface area contributed by atoms with Crippen LogP contribution >= 0.6 is 23.2 Å². The molecular weight excluding hydrogens is 613 g/mol. The smallest absolute Gasteiger partial charge is 0.257 e. The zero-order chi connectivity index (χ0) is 32.1. The highest BCUT2D eigenvalue weighted by Gasteiger charge is 2.55. The van der Waals surface area contributed by atoms with Crippen molar-refractivity contribution >= 4 is 37.4 Å². The van der Waals surface area contributed by atoms with E-state index < -0.39 is 26.3 Å². The number of ether oxygens (including phenoxy) is 1. The number of hydrogen-bond acceptors (Lipinski definition) is 5. The predicted molar refractivity (Wildman–Crippen MR) is 177 cm³/mol. The van der Waals surface area contributed by atoms with E-state index in [-0.39, 0.29) is 22.9 Å². The fraction of sp³-hybridized carbons (Fsp3) is 0.457. The summed E-state index contributed by atoms with van der Waals surface area (Å²) >= 11 is 12.5. The third-order valence-electron chi connectivity index (χ3n) is 9.75. The van der Waals surface area contributed by atoms with E-state index in [2.05, 4.69) is 33.9 Å². The van der Waals surface area contributed by atoms with Crippen molar-refractivity contribution in [3.8, 4) is 0 Å². The van der Waals surface area contributed by atoms with Gasteiger partial charge >= 0.3 is 0 Å². The van der Waals surface area contributed by atoms with Gasteiger partial charge in [0, 0.05) is 45.3 Å². The fourth-order valence-corrected chi connectivity index (χ4v) is 6.73. The standard InChI is InChI=1S/C35H43Cl2NO5Si/c1-32(2,3)44(5,6)43-23-34(17-18-34)22-42-35(25-9-14-28(37)15-10-25)30-16-11-26(33(4,41)21-39)19-29(30)31(40)38(35)20-24-7-12-27(36)13-8-24/h7-16,19,39,41H,17-18,20-23H2,1-6H3/t33?,35-/m1/s1. The van der Waals surface area contributed by atoms with Crippen LogP contribution in [-0.4, -0.2) is 49.2 Å². The molecule has 1 aliphatic carbocycles. The van der Waals surface area contributed by atoms with Crippen molar-refractivity contribution in [2.24, 2.45) is 5.41 Å². The molecule has 2 aliphatic rings. The van der Waals surface area contributed by atoms with Crippen LogP contribution in [0.15, 0.2) is 66.7 Å². The summed E-state index contributed by atoms with van der Waals surface area (Å²) in [5, 5.41) is 22.0. The predicted octanol–water partition coefficient (Wildman–Crippen LogP) is 7.87. The van der Waals surface area contributed by atoms with Crippen LogP contribution in [-0.2, 0) is 27.0 Å². The number of halogens is 2. The van der Waals surface area contributed by atoms with Gasteiger partial charge in [0.1, 0.15) is 5.60 Å². The minimum Gasteiger partial charge on any atom is -0.416 e. The van der Waals surface area contributed by atoms with E-state index in [1.807, 2.05) is 54.6 Å². The lowest BCUT2D eigenvalue weighted by Gasteiger charge is -2.41. The van der Waals surface area contributed by atoms with E-state index >= 15 is 0 Å². The molecule has 1 aliphatic heterocycles. The van der Waals surface area contributed by atoms with E-state index in [9.17, 15) is 15.0 Å². The van der Waals surface area contributed by atoms with Gasteiger partial charge < -0.3 is 19.4 Å². The van der Waals surface area contributed by atoms with E-state index in [4.69, 9.17) is 32.4 Å². The van der Waals surface area contributed by atoms with Gasteiger partial charge in [-0.25, -0.2) is 0 Å². The molecule has 1 saturated carbocycles. The first kappa shape index (κ1) is 33.1. The Morgan fingerprint density at radius 3 is 2.05 bits per heavy atom. The molecular formula is C35H43Cl2NO5Si. The first-order valence-electron chi connectivity index (χ1n) is 15.1. The van der Waals surface area contributed by atoms with Gasteiger partial charge in [0.15, 0.2) is 14.0 Å². The van der Waals surface area contributed by atoms with Crippen LogP contribution in [0.4, 0.5) is 0 Å². The lowest BCUT2D eigenvalue weighted by Crippen LogP contribution is -2.48. The van der Waals surface area contributed by atoms with Crippen LogP contribution in [0, 0.1) is 5.41 Å². The Hall–Kier alpha value is -2.23. The van der Waals surface area contributed by atoms with Crippen molar-refractivity contribution in [3.63, 3.8) is 0 Å². The summed E-state index contributed by atoms with van der Waals surface area (Å²) < 4.78 is 13.8. The molecule has 0 saturated heterocycles. The molecule has 44 heavy (non-hydrogen) atoms. The Bertz CT molecular complexity index is 1510. The molecule has 1 heterocycles. The van der Waals surface area contributed by atoms with Crippen LogP contribution in [0.25, 0.3) is 0 Å². The number of hydrogen-bond donors (Lipinski definition) is 2. The second-order valence-corrected chi connectivity index (χ2v) is 19.9. The largest absolute Gasteiger partial charge is 0.416 e. The number of aliphatic hydroxyl groups excluding tert-OH is 1. The van der Waals surface area contributed by atoms with E-state index in [0.29, 0.717) is 39.9 Å². The highest BCUT2D eigenvalue weighted by atomic mass is 35.5. The number of nitrogens with zero attached hydrogens (tertiary/aromatic N) is 1. The highest BCUT2D eigenvalue weighted by molar-refractivity contribution is 6.74. The molecule has 0 aromatic heterocycles. The Labute approximate surface area is 272 Å². The third-order valence-corrected chi connectivity index (χ3v) is 14.7. The summed E-state index contributed by atoms with van der Waals surface area (Å²) in [6.45, 7) is 13.5. The number of fused-ring (bicyclic) bond motifs is 1. The monoisotopic (exact) mass is 655 g/mol. The Kier molecular flexibility index (Phi) is 8.92. The third kappa shape index (κ3) is 6.25. The quantitative estimate of drug-likeness (QED) is 0.206. The number of carbonyl (C=O) groups excluding carboxylic acids is 1. The summed E-state index contributed by atoms with van der Waals surface area (Å²) in [6, 6.07) is 20.1. The fourth-order valence-electron chi connectivity index (χ4n) is 5.37. The van der Waals surface area contributed by atoms with Crippen molar-refractivity contribution in [1.82, 2.24) is 4.90 Å². The SMILES string of the molecule is CC(O)(CO)c1ccc2c(c1)C(=O)N(Cc1ccc(Cl)cc1)[C@@]2(OCC1(CO[Si](C)(C)C(C)(C)C)CC1)c1ccc(Cl)cc1. The highest BCUT2D eigenvalue weighted by Crippen LogP contribution is 2.53. The normalized spacial score (nSPS) is 20.9. The van der Waals surface area contributed by atoms with E-state index in [1.54, 1.807) is 17.0 Å². The Morgan fingerprint density at radius 1 is 0.909 bits per heavy atom. The van der Waals surface area contributed by atoms with Crippen molar-refractivity contribution < 1.29 is 24.2 Å². The summed E-state index contributed by atoms with van der Waals surface area (Å²) in [4.78, 5) is 16.2. The maximum atomic E-state index is 14.4. The lowest BCUT2D eigenvalue weighted by atomic mass is 9.88. The van der Waals surface area contributed by atoms with Gasteiger partial charge in [-0.05, 0) is 79.4 Å². The average Bonchev–Trinajstić information content (AvgIpc) is 3.72. The number of aliphatic hydroxyl groups is 2. The van der Waals surface area contributed by atoms with E-state index in [1.165, 1.54) is 6.92 Å². The number of amides is 1. The first-order chi connectivity index (χ1) is 20.5. The summed E-state index contributed by atoms with van der Waals surface area (Å²) in [7, 11) is -1.98. The van der Waals surface area contributed by atoms with Crippen LogP contribution in [0.3, 0.4) is 0 Å². The van der Waals surface area contributed by atoms with Gasteiger partial charge in [-0.15, -0.1) is 0 Å². The number of carbonyl (C=O) groups is 1. The molecule has 0 spiro atoms. The van der Waals surface area contributed by atoms with Crippen LogP contribution in [0.5, 0.6) is 0 Å². The molecule has 5 rings (SSSR count). The molecule has 1 amide bonds. The first-order valence-corrected chi connectivity index (χ1v) is 18.8. The minimum absolute atomic E-state index is 0.0914. The number of benzene rings is 3. The summed E-state index contributed by atoms with van der Waals surface area (Å²) in [6.07, 6.45) is 1.96. The number of rotatable bonds is 11. The van der Waals surface area contributed by atoms with Crippen molar-refractivity contribution in [1.29, 1.82) is 0 Å². The van der Waals surface area contributed by atoms with Crippen molar-refractivity contribution in [2.45, 2.75) is 76.5 Å². The second-order valence-electron chi connectivity index (χ2n) is 14.2. The molecule has 9 heteroatoms. The van der Waals surface area contributed by atoms with Crippen LogP contribution < -0.4 is 0 Å². The van der Waals surface area contributed by atoms with E-state index in [0.717, 1.165) is 24.0 Å². The molecule has 0 radical (unpaired) electrons. The van der Waals surface area contributed by atoms with Crippen molar-refractivity contribution in [3.05, 3.63) is 105 Å². The maximum Gasteiger partial charge on any atom is 0.257 e. The molecule has 236 valence electrons. The second kappa shape index (κ2) is 11.8. The van der Waals surface area contributed by atoms with Crippen molar-refractivity contribution in [2.75, 3.05) is 19.8 Å².